The Labute approximate surface area is 161 Å². The average Bonchev–Trinajstić information content (AvgIpc) is 2.92. The van der Waals surface area contributed by atoms with Crippen molar-refractivity contribution in [1.29, 1.82) is 0 Å². The minimum absolute atomic E-state index is 0.136. The first kappa shape index (κ1) is 18.2. The first-order valence-corrected chi connectivity index (χ1v) is 8.75. The standard InChI is InChI=1S/C18H18ClN5OS/c1-11-7-8-12(9-13(11)19)20-18(26)23-22-17(25)10-16-21-14-5-3-4-6-15(14)24(16)2/h3-9H,10H2,1-2H3,(H,22,25)(H2,20,23,26). The van der Waals surface area contributed by atoms with Gasteiger partial charge in [0.15, 0.2) is 5.11 Å². The molecule has 1 heterocycles. The molecular weight excluding hydrogens is 370 g/mol. The number of nitrogens with zero attached hydrogens (tertiary/aromatic N) is 2. The van der Waals surface area contributed by atoms with Crippen LogP contribution in [0.2, 0.25) is 5.02 Å². The van der Waals surface area contributed by atoms with E-state index in [4.69, 9.17) is 23.8 Å². The van der Waals surface area contributed by atoms with Gasteiger partial charge in [-0.15, -0.1) is 0 Å². The zero-order valence-electron chi connectivity index (χ0n) is 14.3. The minimum atomic E-state index is -0.241. The van der Waals surface area contributed by atoms with Gasteiger partial charge in [-0.25, -0.2) is 4.98 Å². The van der Waals surface area contributed by atoms with Crippen LogP contribution >= 0.6 is 23.8 Å². The van der Waals surface area contributed by atoms with Gasteiger partial charge in [0.05, 0.1) is 17.5 Å². The Morgan fingerprint density at radius 1 is 1.23 bits per heavy atom. The summed E-state index contributed by atoms with van der Waals surface area (Å²) in [5.41, 5.74) is 8.81. The Kier molecular flexibility index (Phi) is 5.39. The molecule has 3 N–H and O–H groups in total. The van der Waals surface area contributed by atoms with Crippen LogP contribution < -0.4 is 16.2 Å². The smallest absolute Gasteiger partial charge is 0.245 e. The third-order valence-corrected chi connectivity index (χ3v) is 4.55. The number of hydrazine groups is 1. The van der Waals surface area contributed by atoms with Gasteiger partial charge < -0.3 is 9.88 Å². The van der Waals surface area contributed by atoms with Gasteiger partial charge >= 0.3 is 0 Å². The zero-order valence-corrected chi connectivity index (χ0v) is 15.9. The highest BCUT2D eigenvalue weighted by Crippen LogP contribution is 2.19. The number of halogens is 1. The third-order valence-electron chi connectivity index (χ3n) is 3.94. The number of para-hydroxylation sites is 2. The number of benzene rings is 2. The van der Waals surface area contributed by atoms with E-state index < -0.39 is 0 Å². The van der Waals surface area contributed by atoms with Gasteiger partial charge in [-0.1, -0.05) is 29.8 Å². The Morgan fingerprint density at radius 2 is 2.00 bits per heavy atom. The highest BCUT2D eigenvalue weighted by Gasteiger charge is 2.11. The molecule has 0 aliphatic carbocycles. The van der Waals surface area contributed by atoms with Crippen molar-refractivity contribution in [3.05, 3.63) is 58.9 Å². The van der Waals surface area contributed by atoms with Gasteiger partial charge in [0.2, 0.25) is 5.91 Å². The molecule has 0 aliphatic rings. The van der Waals surface area contributed by atoms with E-state index in [1.165, 1.54) is 0 Å². The van der Waals surface area contributed by atoms with Gasteiger partial charge in [-0.05, 0) is 49.0 Å². The van der Waals surface area contributed by atoms with Crippen LogP contribution in [-0.2, 0) is 18.3 Å². The molecule has 6 nitrogen and oxygen atoms in total. The first-order chi connectivity index (χ1) is 12.4. The molecule has 1 aromatic heterocycles. The fourth-order valence-electron chi connectivity index (χ4n) is 2.50. The summed E-state index contributed by atoms with van der Waals surface area (Å²) in [5.74, 6) is 0.434. The van der Waals surface area contributed by atoms with Gasteiger partial charge in [0.25, 0.3) is 0 Å². The van der Waals surface area contributed by atoms with Crippen molar-refractivity contribution >= 4 is 51.6 Å². The molecule has 2 aromatic carbocycles. The number of hydrogen-bond acceptors (Lipinski definition) is 3. The summed E-state index contributed by atoms with van der Waals surface area (Å²) < 4.78 is 1.90. The van der Waals surface area contributed by atoms with Crippen LogP contribution in [0.15, 0.2) is 42.5 Å². The Hall–Kier alpha value is -2.64. The highest BCUT2D eigenvalue weighted by atomic mass is 35.5. The number of carbonyl (C=O) groups is 1. The number of carbonyl (C=O) groups excluding carboxylic acids is 1. The number of anilines is 1. The lowest BCUT2D eigenvalue weighted by Crippen LogP contribution is -2.44. The average molecular weight is 388 g/mol. The second kappa shape index (κ2) is 7.72. The van der Waals surface area contributed by atoms with Gasteiger partial charge in [0, 0.05) is 17.8 Å². The van der Waals surface area contributed by atoms with Crippen molar-refractivity contribution in [2.75, 3.05) is 5.32 Å². The van der Waals surface area contributed by atoms with Crippen molar-refractivity contribution in [2.45, 2.75) is 13.3 Å². The van der Waals surface area contributed by atoms with Crippen molar-refractivity contribution in [1.82, 2.24) is 20.4 Å². The zero-order chi connectivity index (χ0) is 18.7. The molecule has 1 amide bonds. The normalized spacial score (nSPS) is 10.6. The molecule has 26 heavy (non-hydrogen) atoms. The molecule has 0 spiro atoms. The van der Waals surface area contributed by atoms with Gasteiger partial charge in [-0.2, -0.15) is 0 Å². The predicted molar refractivity (Wildman–Crippen MR) is 108 cm³/mol. The van der Waals surface area contributed by atoms with Crippen molar-refractivity contribution in [2.24, 2.45) is 7.05 Å². The fourth-order valence-corrected chi connectivity index (χ4v) is 2.85. The number of imidazole rings is 1. The van der Waals surface area contributed by atoms with E-state index in [2.05, 4.69) is 21.2 Å². The molecular formula is C18H18ClN5OS. The summed E-state index contributed by atoms with van der Waals surface area (Å²) in [4.78, 5) is 16.6. The Morgan fingerprint density at radius 3 is 2.73 bits per heavy atom. The maximum Gasteiger partial charge on any atom is 0.245 e. The van der Waals surface area contributed by atoms with E-state index in [1.807, 2.05) is 54.9 Å². The van der Waals surface area contributed by atoms with E-state index in [-0.39, 0.29) is 17.4 Å². The number of thiocarbonyl (C=S) groups is 1. The van der Waals surface area contributed by atoms with Crippen LogP contribution in [-0.4, -0.2) is 20.6 Å². The van der Waals surface area contributed by atoms with E-state index >= 15 is 0 Å². The van der Waals surface area contributed by atoms with E-state index in [1.54, 1.807) is 6.07 Å². The minimum Gasteiger partial charge on any atom is -0.331 e. The van der Waals surface area contributed by atoms with Crippen molar-refractivity contribution in [3.8, 4) is 0 Å². The lowest BCUT2D eigenvalue weighted by atomic mass is 10.2. The molecule has 0 fully saturated rings. The highest BCUT2D eigenvalue weighted by molar-refractivity contribution is 7.80. The molecule has 0 bridgehead atoms. The number of aromatic nitrogens is 2. The second-order valence-corrected chi connectivity index (χ2v) is 6.66. The third kappa shape index (κ3) is 4.12. The summed E-state index contributed by atoms with van der Waals surface area (Å²) >= 11 is 11.3. The first-order valence-electron chi connectivity index (χ1n) is 7.96. The maximum absolute atomic E-state index is 12.2. The molecule has 0 aliphatic heterocycles. The predicted octanol–water partition coefficient (Wildman–Crippen LogP) is 3.10. The number of hydrogen-bond donors (Lipinski definition) is 3. The van der Waals surface area contributed by atoms with Gasteiger partial charge in [0.1, 0.15) is 5.82 Å². The largest absolute Gasteiger partial charge is 0.331 e. The van der Waals surface area contributed by atoms with Crippen LogP contribution in [0, 0.1) is 6.92 Å². The summed E-state index contributed by atoms with van der Waals surface area (Å²) in [6.45, 7) is 1.92. The van der Waals surface area contributed by atoms with Crippen LogP contribution in [0.3, 0.4) is 0 Å². The van der Waals surface area contributed by atoms with Crippen molar-refractivity contribution < 1.29 is 4.79 Å². The summed E-state index contributed by atoms with van der Waals surface area (Å²) in [6.07, 6.45) is 0.136. The topological polar surface area (TPSA) is 71.0 Å². The van der Waals surface area contributed by atoms with Crippen LogP contribution in [0.1, 0.15) is 11.4 Å². The lowest BCUT2D eigenvalue weighted by Gasteiger charge is -2.12. The summed E-state index contributed by atoms with van der Waals surface area (Å²) in [6, 6.07) is 13.3. The SMILES string of the molecule is Cc1ccc(NC(=S)NNC(=O)Cc2nc3ccccc3n2C)cc1Cl. The Bertz CT molecular complexity index is 985. The molecule has 3 rings (SSSR count). The number of nitrogens with one attached hydrogen (secondary N) is 3. The molecule has 8 heteroatoms. The number of rotatable bonds is 3. The van der Waals surface area contributed by atoms with E-state index in [0.717, 1.165) is 22.3 Å². The maximum atomic E-state index is 12.2. The second-order valence-electron chi connectivity index (χ2n) is 5.84. The molecule has 134 valence electrons. The monoisotopic (exact) mass is 387 g/mol. The molecule has 0 saturated heterocycles. The summed E-state index contributed by atoms with van der Waals surface area (Å²) in [7, 11) is 1.89. The number of fused-ring (bicyclic) bond motifs is 1. The van der Waals surface area contributed by atoms with Crippen LogP contribution in [0.5, 0.6) is 0 Å². The van der Waals surface area contributed by atoms with Gasteiger partial charge in [-0.3, -0.25) is 15.6 Å². The molecule has 3 aromatic rings. The molecule has 0 saturated carbocycles. The fraction of sp³-hybridized carbons (Fsp3) is 0.167. The molecule has 0 radical (unpaired) electrons. The molecule has 0 atom stereocenters. The van der Waals surface area contributed by atoms with Crippen molar-refractivity contribution in [3.63, 3.8) is 0 Å². The van der Waals surface area contributed by atoms with E-state index in [9.17, 15) is 4.79 Å². The number of amides is 1. The van der Waals surface area contributed by atoms with Crippen LogP contribution in [0.4, 0.5) is 5.69 Å². The summed E-state index contributed by atoms with van der Waals surface area (Å²) in [5, 5.41) is 3.87. The van der Waals surface area contributed by atoms with E-state index in [0.29, 0.717) is 10.8 Å². The quantitative estimate of drug-likeness (QED) is 0.476. The molecule has 0 unspecified atom stereocenters. The lowest BCUT2D eigenvalue weighted by molar-refractivity contribution is -0.121. The number of aryl methyl sites for hydroxylation is 2. The van der Waals surface area contributed by atoms with Crippen LogP contribution in [0.25, 0.3) is 11.0 Å². The Balaban J connectivity index is 1.55.